The first-order chi connectivity index (χ1) is 13.0. The minimum absolute atomic E-state index is 0.145. The number of hydrogen-bond acceptors (Lipinski definition) is 3. The molecule has 0 aliphatic heterocycles. The van der Waals surface area contributed by atoms with Gasteiger partial charge in [-0.1, -0.05) is 28.1 Å². The van der Waals surface area contributed by atoms with Gasteiger partial charge in [0, 0.05) is 39.7 Å². The van der Waals surface area contributed by atoms with Crippen molar-refractivity contribution < 1.29 is 13.9 Å². The summed E-state index contributed by atoms with van der Waals surface area (Å²) in [5, 5.41) is 3.63. The zero-order valence-electron chi connectivity index (χ0n) is 15.9. The average molecular weight is 428 g/mol. The first-order valence-electron chi connectivity index (χ1n) is 8.80. The Labute approximate surface area is 167 Å². The number of hydrogen-bond donors (Lipinski definition) is 1. The molecular formula is C22H22BrNO3. The standard InChI is InChI=1S/C22H22BrNO3/c1-5-26-21-14(3)22-18(11-17(21)13(2)10-20(25)24-4)19(12-27-22)15-6-8-16(23)9-7-15/h6-12H,5H2,1-4H3,(H,24,25)/b13-10+. The maximum Gasteiger partial charge on any atom is 0.244 e. The van der Waals surface area contributed by atoms with Crippen LogP contribution in [0.5, 0.6) is 5.75 Å². The lowest BCUT2D eigenvalue weighted by molar-refractivity contribution is -0.116. The number of carbonyl (C=O) groups is 1. The Hall–Kier alpha value is -2.53. The maximum atomic E-state index is 11.8. The fourth-order valence-corrected chi connectivity index (χ4v) is 3.40. The minimum atomic E-state index is -0.145. The van der Waals surface area contributed by atoms with Crippen LogP contribution in [0.4, 0.5) is 0 Å². The third kappa shape index (κ3) is 3.78. The molecule has 1 N–H and O–H groups in total. The van der Waals surface area contributed by atoms with E-state index in [0.717, 1.165) is 49.0 Å². The quantitative estimate of drug-likeness (QED) is 0.529. The molecule has 0 bridgehead atoms. The van der Waals surface area contributed by atoms with Crippen molar-refractivity contribution in [1.29, 1.82) is 0 Å². The van der Waals surface area contributed by atoms with Gasteiger partial charge in [-0.05, 0) is 50.1 Å². The molecule has 1 amide bonds. The van der Waals surface area contributed by atoms with Crippen molar-refractivity contribution in [3.63, 3.8) is 0 Å². The van der Waals surface area contributed by atoms with E-state index in [1.807, 2.05) is 51.1 Å². The van der Waals surface area contributed by atoms with E-state index >= 15 is 0 Å². The number of halogens is 1. The smallest absolute Gasteiger partial charge is 0.244 e. The molecule has 0 saturated heterocycles. The monoisotopic (exact) mass is 427 g/mol. The highest BCUT2D eigenvalue weighted by molar-refractivity contribution is 9.10. The largest absolute Gasteiger partial charge is 0.493 e. The predicted molar refractivity (Wildman–Crippen MR) is 113 cm³/mol. The number of allylic oxidation sites excluding steroid dienone is 1. The van der Waals surface area contributed by atoms with E-state index in [1.54, 1.807) is 19.4 Å². The number of amides is 1. The first-order valence-corrected chi connectivity index (χ1v) is 9.59. The van der Waals surface area contributed by atoms with Gasteiger partial charge in [-0.3, -0.25) is 4.79 Å². The predicted octanol–water partition coefficient (Wildman–Crippen LogP) is 5.72. The van der Waals surface area contributed by atoms with Crippen LogP contribution in [0.2, 0.25) is 0 Å². The molecule has 4 nitrogen and oxygen atoms in total. The van der Waals surface area contributed by atoms with Crippen LogP contribution in [0, 0.1) is 6.92 Å². The van der Waals surface area contributed by atoms with E-state index in [0.29, 0.717) is 6.61 Å². The number of ether oxygens (including phenoxy) is 1. The minimum Gasteiger partial charge on any atom is -0.493 e. The van der Waals surface area contributed by atoms with Gasteiger partial charge >= 0.3 is 0 Å². The number of likely N-dealkylation sites (N-methyl/N-ethyl adjacent to an activating group) is 1. The number of furan rings is 1. The Morgan fingerprint density at radius 2 is 2.00 bits per heavy atom. The van der Waals surface area contributed by atoms with Gasteiger partial charge in [-0.15, -0.1) is 0 Å². The van der Waals surface area contributed by atoms with Gasteiger partial charge in [0.25, 0.3) is 0 Å². The normalized spacial score (nSPS) is 11.7. The summed E-state index contributed by atoms with van der Waals surface area (Å²) < 4.78 is 12.8. The van der Waals surface area contributed by atoms with Gasteiger partial charge in [0.1, 0.15) is 11.3 Å². The fourth-order valence-electron chi connectivity index (χ4n) is 3.14. The molecule has 140 valence electrons. The van der Waals surface area contributed by atoms with E-state index in [2.05, 4.69) is 21.2 Å². The number of rotatable bonds is 5. The fraction of sp³-hybridized carbons (Fsp3) is 0.227. The van der Waals surface area contributed by atoms with E-state index < -0.39 is 0 Å². The molecule has 2 aromatic carbocycles. The molecule has 1 aromatic heterocycles. The molecule has 0 radical (unpaired) electrons. The lowest BCUT2D eigenvalue weighted by Gasteiger charge is -2.14. The van der Waals surface area contributed by atoms with Crippen molar-refractivity contribution >= 4 is 38.4 Å². The Bertz CT molecular complexity index is 1020. The summed E-state index contributed by atoms with van der Waals surface area (Å²) >= 11 is 3.47. The molecule has 0 fully saturated rings. The molecule has 27 heavy (non-hydrogen) atoms. The molecule has 0 saturated carbocycles. The van der Waals surface area contributed by atoms with Crippen LogP contribution in [-0.4, -0.2) is 19.6 Å². The zero-order valence-corrected chi connectivity index (χ0v) is 17.4. The second-order valence-corrected chi connectivity index (χ2v) is 7.20. The topological polar surface area (TPSA) is 51.5 Å². The van der Waals surface area contributed by atoms with E-state index in [1.165, 1.54) is 0 Å². The van der Waals surface area contributed by atoms with Crippen molar-refractivity contribution in [1.82, 2.24) is 5.32 Å². The highest BCUT2D eigenvalue weighted by Gasteiger charge is 2.19. The van der Waals surface area contributed by atoms with Gasteiger partial charge in [0.15, 0.2) is 0 Å². The summed E-state index contributed by atoms with van der Waals surface area (Å²) in [6.07, 6.45) is 3.36. The highest BCUT2D eigenvalue weighted by atomic mass is 79.9. The second-order valence-electron chi connectivity index (χ2n) is 6.29. The molecule has 3 rings (SSSR count). The van der Waals surface area contributed by atoms with Crippen LogP contribution in [0.3, 0.4) is 0 Å². The Morgan fingerprint density at radius 1 is 1.30 bits per heavy atom. The SMILES string of the molecule is CCOc1c(/C(C)=C/C(=O)NC)cc2c(-c3ccc(Br)cc3)coc2c1C. The Balaban J connectivity index is 2.25. The summed E-state index contributed by atoms with van der Waals surface area (Å²) in [6, 6.07) is 10.2. The molecule has 0 atom stereocenters. The molecule has 0 aliphatic carbocycles. The first kappa shape index (κ1) is 19.2. The van der Waals surface area contributed by atoms with Gasteiger partial charge in [0.05, 0.1) is 12.9 Å². The van der Waals surface area contributed by atoms with Crippen molar-refractivity contribution in [2.45, 2.75) is 20.8 Å². The van der Waals surface area contributed by atoms with Crippen LogP contribution in [0.25, 0.3) is 27.7 Å². The summed E-state index contributed by atoms with van der Waals surface area (Å²) in [6.45, 7) is 6.38. The highest BCUT2D eigenvalue weighted by Crippen LogP contribution is 2.40. The Kier molecular flexibility index (Phi) is 5.71. The van der Waals surface area contributed by atoms with Gasteiger partial charge < -0.3 is 14.5 Å². The van der Waals surface area contributed by atoms with Crippen LogP contribution in [0.1, 0.15) is 25.0 Å². The average Bonchev–Trinajstić information content (AvgIpc) is 3.08. The molecule has 0 spiro atoms. The summed E-state index contributed by atoms with van der Waals surface area (Å²) in [7, 11) is 1.62. The number of carbonyl (C=O) groups excluding carboxylic acids is 1. The molecule has 3 aromatic rings. The molecular weight excluding hydrogens is 406 g/mol. The van der Waals surface area contributed by atoms with Crippen molar-refractivity contribution in [3.8, 4) is 16.9 Å². The van der Waals surface area contributed by atoms with Crippen molar-refractivity contribution in [3.05, 3.63) is 58.3 Å². The van der Waals surface area contributed by atoms with E-state index in [4.69, 9.17) is 9.15 Å². The number of benzene rings is 2. The molecule has 5 heteroatoms. The van der Waals surface area contributed by atoms with E-state index in [9.17, 15) is 4.79 Å². The Morgan fingerprint density at radius 3 is 2.63 bits per heavy atom. The van der Waals surface area contributed by atoms with Crippen molar-refractivity contribution in [2.24, 2.45) is 0 Å². The maximum absolute atomic E-state index is 11.8. The van der Waals surface area contributed by atoms with Gasteiger partial charge in [0.2, 0.25) is 5.91 Å². The number of aryl methyl sites for hydroxylation is 1. The van der Waals surface area contributed by atoms with Crippen molar-refractivity contribution in [2.75, 3.05) is 13.7 Å². The van der Waals surface area contributed by atoms with Gasteiger partial charge in [-0.2, -0.15) is 0 Å². The zero-order chi connectivity index (χ0) is 19.6. The van der Waals surface area contributed by atoms with Crippen LogP contribution >= 0.6 is 15.9 Å². The summed E-state index contributed by atoms with van der Waals surface area (Å²) in [5.41, 5.74) is 5.54. The third-order valence-corrected chi connectivity index (χ3v) is 5.04. The van der Waals surface area contributed by atoms with Crippen LogP contribution in [-0.2, 0) is 4.79 Å². The second kappa shape index (κ2) is 8.01. The lowest BCUT2D eigenvalue weighted by atomic mass is 9.96. The number of fused-ring (bicyclic) bond motifs is 1. The van der Waals surface area contributed by atoms with Gasteiger partial charge in [-0.25, -0.2) is 0 Å². The molecule has 1 heterocycles. The third-order valence-electron chi connectivity index (χ3n) is 4.51. The van der Waals surface area contributed by atoms with Crippen LogP contribution < -0.4 is 10.1 Å². The molecule has 0 aliphatic rings. The lowest BCUT2D eigenvalue weighted by Crippen LogP contribution is -2.14. The summed E-state index contributed by atoms with van der Waals surface area (Å²) in [5.74, 6) is 0.604. The molecule has 0 unspecified atom stereocenters. The van der Waals surface area contributed by atoms with Crippen LogP contribution in [0.15, 0.2) is 51.6 Å². The summed E-state index contributed by atoms with van der Waals surface area (Å²) in [4.78, 5) is 11.8. The van der Waals surface area contributed by atoms with E-state index in [-0.39, 0.29) is 5.91 Å². The number of nitrogens with one attached hydrogen (secondary N) is 1.